The Morgan fingerprint density at radius 2 is 1.92 bits per heavy atom. The lowest BCUT2D eigenvalue weighted by atomic mass is 10.1. The Morgan fingerprint density at radius 3 is 2.54 bits per heavy atom. The molecule has 132 valence electrons. The molecule has 3 rings (SSSR count). The number of benzene rings is 1. The van der Waals surface area contributed by atoms with Gasteiger partial charge in [-0.1, -0.05) is 0 Å². The number of aryl methyl sites for hydroxylation is 2. The first kappa shape index (κ1) is 20.5. The van der Waals surface area contributed by atoms with E-state index in [1.165, 1.54) is 12.1 Å². The molecule has 1 aliphatic rings. The number of aromatic nitrogens is 2. The van der Waals surface area contributed by atoms with Crippen LogP contribution in [-0.2, 0) is 0 Å². The van der Waals surface area contributed by atoms with Gasteiger partial charge in [-0.05, 0) is 38.7 Å². The number of nitrogens with one attached hydrogen (secondary N) is 1. The maximum absolute atomic E-state index is 13.8. The van der Waals surface area contributed by atoms with E-state index in [9.17, 15) is 9.18 Å². The Bertz CT molecular complexity index is 752. The van der Waals surface area contributed by atoms with Crippen molar-refractivity contribution in [2.45, 2.75) is 32.7 Å². The quantitative estimate of drug-likeness (QED) is 0.861. The van der Waals surface area contributed by atoms with Crippen LogP contribution in [0.5, 0.6) is 0 Å². The Balaban J connectivity index is 0.00000144. The zero-order valence-electron chi connectivity index (χ0n) is 13.5. The Kier molecular flexibility index (Phi) is 6.89. The second-order valence-electron chi connectivity index (χ2n) is 5.93. The summed E-state index contributed by atoms with van der Waals surface area (Å²) in [6.07, 6.45) is 2.23. The number of carbonyl (C=O) groups is 1. The standard InChI is InChI=1S/C16H19FN4O.2ClH/c1-8-9(2)21-15-12(5-11(17)6-14(15)20-8)16(22)19-7-13(18)10-3-4-10;;/h5-6,10,13H,3-4,7,18H2,1-2H3,(H,19,22);2*1H. The molecule has 1 aromatic carbocycles. The second-order valence-corrected chi connectivity index (χ2v) is 5.93. The number of hydrogen-bond donors (Lipinski definition) is 2. The molecule has 0 aliphatic heterocycles. The number of nitrogens with zero attached hydrogens (tertiary/aromatic N) is 2. The SMILES string of the molecule is Cc1nc2cc(F)cc(C(=O)NCC(N)C3CC3)c2nc1C.Cl.Cl. The van der Waals surface area contributed by atoms with Gasteiger partial charge in [-0.15, -0.1) is 24.8 Å². The Labute approximate surface area is 152 Å². The van der Waals surface area contributed by atoms with Crippen LogP contribution >= 0.6 is 24.8 Å². The van der Waals surface area contributed by atoms with Crippen molar-refractivity contribution in [2.24, 2.45) is 11.7 Å². The molecule has 1 amide bonds. The van der Waals surface area contributed by atoms with Crippen LogP contribution in [-0.4, -0.2) is 28.5 Å². The predicted octanol–water partition coefficient (Wildman–Crippen LogP) is 2.70. The van der Waals surface area contributed by atoms with Crippen LogP contribution in [0.15, 0.2) is 12.1 Å². The van der Waals surface area contributed by atoms with Gasteiger partial charge in [-0.2, -0.15) is 0 Å². The molecule has 24 heavy (non-hydrogen) atoms. The van der Waals surface area contributed by atoms with E-state index in [0.29, 0.717) is 23.5 Å². The summed E-state index contributed by atoms with van der Waals surface area (Å²) in [4.78, 5) is 21.0. The Morgan fingerprint density at radius 1 is 1.29 bits per heavy atom. The first-order valence-corrected chi connectivity index (χ1v) is 7.44. The van der Waals surface area contributed by atoms with Crippen LogP contribution in [0.3, 0.4) is 0 Å². The normalized spacial score (nSPS) is 14.5. The van der Waals surface area contributed by atoms with E-state index in [4.69, 9.17) is 5.73 Å². The summed E-state index contributed by atoms with van der Waals surface area (Å²) in [6, 6.07) is 2.45. The maximum atomic E-state index is 13.8. The molecular formula is C16H21Cl2FN4O. The van der Waals surface area contributed by atoms with E-state index in [-0.39, 0.29) is 42.3 Å². The van der Waals surface area contributed by atoms with Gasteiger partial charge in [0.2, 0.25) is 0 Å². The summed E-state index contributed by atoms with van der Waals surface area (Å²) in [5, 5.41) is 2.78. The molecule has 1 aromatic heterocycles. The highest BCUT2D eigenvalue weighted by Crippen LogP contribution is 2.31. The molecule has 1 atom stereocenters. The second kappa shape index (κ2) is 8.05. The first-order valence-electron chi connectivity index (χ1n) is 7.44. The van der Waals surface area contributed by atoms with Crippen LogP contribution in [0.2, 0.25) is 0 Å². The average Bonchev–Trinajstić information content (AvgIpc) is 3.30. The van der Waals surface area contributed by atoms with Crippen molar-refractivity contribution in [3.8, 4) is 0 Å². The molecule has 1 fully saturated rings. The van der Waals surface area contributed by atoms with Crippen LogP contribution < -0.4 is 11.1 Å². The largest absolute Gasteiger partial charge is 0.350 e. The zero-order chi connectivity index (χ0) is 15.9. The number of carbonyl (C=O) groups excluding carboxylic acids is 1. The van der Waals surface area contributed by atoms with Gasteiger partial charge >= 0.3 is 0 Å². The minimum atomic E-state index is -0.498. The molecule has 2 aromatic rings. The molecule has 8 heteroatoms. The molecule has 1 heterocycles. The van der Waals surface area contributed by atoms with E-state index in [1.807, 2.05) is 6.92 Å². The van der Waals surface area contributed by atoms with Crippen LogP contribution in [0.1, 0.15) is 34.6 Å². The number of hydrogen-bond acceptors (Lipinski definition) is 4. The fraction of sp³-hybridized carbons (Fsp3) is 0.438. The molecule has 1 aliphatic carbocycles. The molecule has 5 nitrogen and oxygen atoms in total. The van der Waals surface area contributed by atoms with Crippen LogP contribution in [0.25, 0.3) is 11.0 Å². The summed E-state index contributed by atoms with van der Waals surface area (Å²) in [6.45, 7) is 4.01. The van der Waals surface area contributed by atoms with E-state index >= 15 is 0 Å². The van der Waals surface area contributed by atoms with E-state index in [0.717, 1.165) is 24.2 Å². The molecule has 0 saturated heterocycles. The first-order chi connectivity index (χ1) is 10.5. The number of nitrogens with two attached hydrogens (primary N) is 1. The molecule has 1 unspecified atom stereocenters. The summed E-state index contributed by atoms with van der Waals surface area (Å²) < 4.78 is 13.8. The van der Waals surface area contributed by atoms with Crippen LogP contribution in [0, 0.1) is 25.6 Å². The average molecular weight is 375 g/mol. The number of fused-ring (bicyclic) bond motifs is 1. The van der Waals surface area contributed by atoms with E-state index in [1.54, 1.807) is 6.92 Å². The summed E-state index contributed by atoms with van der Waals surface area (Å²) in [7, 11) is 0. The molecule has 0 spiro atoms. The predicted molar refractivity (Wildman–Crippen MR) is 96.5 cm³/mol. The molecule has 0 bridgehead atoms. The molecule has 3 N–H and O–H groups in total. The molecule has 0 radical (unpaired) electrons. The van der Waals surface area contributed by atoms with Gasteiger partial charge in [0.25, 0.3) is 5.91 Å². The van der Waals surface area contributed by atoms with Crippen molar-refractivity contribution < 1.29 is 9.18 Å². The summed E-state index contributed by atoms with van der Waals surface area (Å²) in [5.41, 5.74) is 8.43. The highest BCUT2D eigenvalue weighted by molar-refractivity contribution is 6.04. The maximum Gasteiger partial charge on any atom is 0.253 e. The highest BCUT2D eigenvalue weighted by atomic mass is 35.5. The van der Waals surface area contributed by atoms with Gasteiger partial charge in [0.05, 0.1) is 22.5 Å². The summed E-state index contributed by atoms with van der Waals surface area (Å²) >= 11 is 0. The Hall–Kier alpha value is -1.50. The van der Waals surface area contributed by atoms with Crippen molar-refractivity contribution in [3.63, 3.8) is 0 Å². The third-order valence-corrected chi connectivity index (χ3v) is 4.12. The van der Waals surface area contributed by atoms with Gasteiger partial charge in [-0.3, -0.25) is 4.79 Å². The third kappa shape index (κ3) is 4.32. The molecular weight excluding hydrogens is 354 g/mol. The van der Waals surface area contributed by atoms with Gasteiger partial charge < -0.3 is 11.1 Å². The van der Waals surface area contributed by atoms with Crippen molar-refractivity contribution in [2.75, 3.05) is 6.54 Å². The van der Waals surface area contributed by atoms with Gasteiger partial charge in [0, 0.05) is 18.7 Å². The number of halogens is 3. The highest BCUT2D eigenvalue weighted by Gasteiger charge is 2.28. The minimum absolute atomic E-state index is 0. The van der Waals surface area contributed by atoms with Gasteiger partial charge in [-0.25, -0.2) is 14.4 Å². The van der Waals surface area contributed by atoms with Crippen molar-refractivity contribution in [3.05, 3.63) is 34.9 Å². The topological polar surface area (TPSA) is 80.9 Å². The fourth-order valence-electron chi connectivity index (χ4n) is 2.47. The zero-order valence-corrected chi connectivity index (χ0v) is 15.1. The van der Waals surface area contributed by atoms with E-state index in [2.05, 4.69) is 15.3 Å². The lowest BCUT2D eigenvalue weighted by molar-refractivity contribution is 0.0951. The fourth-order valence-corrected chi connectivity index (χ4v) is 2.47. The third-order valence-electron chi connectivity index (χ3n) is 4.12. The van der Waals surface area contributed by atoms with Crippen LogP contribution in [0.4, 0.5) is 4.39 Å². The smallest absolute Gasteiger partial charge is 0.253 e. The summed E-state index contributed by atoms with van der Waals surface area (Å²) in [5.74, 6) is -0.367. The van der Waals surface area contributed by atoms with Crippen molar-refractivity contribution in [1.82, 2.24) is 15.3 Å². The van der Waals surface area contributed by atoms with E-state index < -0.39 is 5.82 Å². The number of rotatable bonds is 4. The van der Waals surface area contributed by atoms with Gasteiger partial charge in [0.15, 0.2) is 0 Å². The lowest BCUT2D eigenvalue weighted by Crippen LogP contribution is -2.38. The van der Waals surface area contributed by atoms with Crippen molar-refractivity contribution in [1.29, 1.82) is 0 Å². The van der Waals surface area contributed by atoms with Gasteiger partial charge in [0.1, 0.15) is 11.3 Å². The monoisotopic (exact) mass is 374 g/mol. The minimum Gasteiger partial charge on any atom is -0.350 e. The lowest BCUT2D eigenvalue weighted by Gasteiger charge is -2.13. The van der Waals surface area contributed by atoms with Crippen molar-refractivity contribution >= 4 is 41.8 Å². The molecule has 1 saturated carbocycles. The number of amides is 1.